The maximum absolute atomic E-state index is 13.0. The Morgan fingerprint density at radius 1 is 0.897 bits per heavy atom. The van der Waals surface area contributed by atoms with Crippen LogP contribution in [0, 0.1) is 13.8 Å². The second-order valence-corrected chi connectivity index (χ2v) is 7.08. The number of hydrogen-bond donors (Lipinski definition) is 2. The Hall–Kier alpha value is -3.37. The minimum atomic E-state index is -0.429. The number of nitrogens with one attached hydrogen (secondary N) is 2. The molecule has 3 aromatic carbocycles. The van der Waals surface area contributed by atoms with Crippen LogP contribution in [-0.4, -0.2) is 11.8 Å². The molecule has 0 aliphatic rings. The molecule has 3 aromatic rings. The fraction of sp³-hybridized carbons (Fsp3) is 0.0833. The molecular formula is C24H21ClN2O2. The summed E-state index contributed by atoms with van der Waals surface area (Å²) in [7, 11) is 0. The van der Waals surface area contributed by atoms with Crippen molar-refractivity contribution < 1.29 is 9.59 Å². The molecule has 2 N–H and O–H groups in total. The van der Waals surface area contributed by atoms with Crippen molar-refractivity contribution >= 4 is 35.2 Å². The summed E-state index contributed by atoms with van der Waals surface area (Å²) in [6, 6.07) is 21.6. The number of carbonyl (C=O) groups excluding carboxylic acids is 2. The van der Waals surface area contributed by atoms with E-state index < -0.39 is 5.91 Å². The topological polar surface area (TPSA) is 58.2 Å². The molecule has 0 radical (unpaired) electrons. The fourth-order valence-corrected chi connectivity index (χ4v) is 3.02. The molecular weight excluding hydrogens is 384 g/mol. The van der Waals surface area contributed by atoms with Gasteiger partial charge in [0.15, 0.2) is 0 Å². The summed E-state index contributed by atoms with van der Waals surface area (Å²) in [4.78, 5) is 25.6. The van der Waals surface area contributed by atoms with E-state index in [0.29, 0.717) is 21.8 Å². The number of hydrogen-bond acceptors (Lipinski definition) is 2. The number of carbonyl (C=O) groups is 2. The molecule has 0 heterocycles. The lowest BCUT2D eigenvalue weighted by atomic mass is 10.1. The van der Waals surface area contributed by atoms with Crippen LogP contribution in [0.3, 0.4) is 0 Å². The van der Waals surface area contributed by atoms with Crippen LogP contribution in [-0.2, 0) is 4.79 Å². The minimum absolute atomic E-state index is 0.104. The minimum Gasteiger partial charge on any atom is -0.320 e. The molecule has 0 bridgehead atoms. The van der Waals surface area contributed by atoms with Crippen molar-refractivity contribution in [3.8, 4) is 0 Å². The van der Waals surface area contributed by atoms with Gasteiger partial charge in [-0.1, -0.05) is 65.7 Å². The van der Waals surface area contributed by atoms with Crippen LogP contribution in [0.5, 0.6) is 0 Å². The highest BCUT2D eigenvalue weighted by Gasteiger charge is 2.16. The first-order valence-corrected chi connectivity index (χ1v) is 9.53. The molecule has 3 rings (SSSR count). The van der Waals surface area contributed by atoms with Crippen LogP contribution in [0.15, 0.2) is 78.5 Å². The van der Waals surface area contributed by atoms with Crippen LogP contribution >= 0.6 is 11.6 Å². The molecule has 5 heteroatoms. The molecule has 29 heavy (non-hydrogen) atoms. The second kappa shape index (κ2) is 9.22. The lowest BCUT2D eigenvalue weighted by Crippen LogP contribution is -2.30. The van der Waals surface area contributed by atoms with Gasteiger partial charge >= 0.3 is 0 Å². The molecule has 0 unspecified atom stereocenters. The summed E-state index contributed by atoms with van der Waals surface area (Å²) in [6.07, 6.45) is 1.57. The third-order valence-electron chi connectivity index (χ3n) is 4.36. The fourth-order valence-electron chi connectivity index (χ4n) is 2.83. The third kappa shape index (κ3) is 5.33. The predicted molar refractivity (Wildman–Crippen MR) is 118 cm³/mol. The van der Waals surface area contributed by atoms with Crippen molar-refractivity contribution in [3.63, 3.8) is 0 Å². The van der Waals surface area contributed by atoms with E-state index in [1.165, 1.54) is 0 Å². The Balaban J connectivity index is 1.92. The zero-order valence-electron chi connectivity index (χ0n) is 16.2. The average Bonchev–Trinajstić information content (AvgIpc) is 2.71. The van der Waals surface area contributed by atoms with E-state index >= 15 is 0 Å². The molecule has 4 nitrogen and oxygen atoms in total. The van der Waals surface area contributed by atoms with Gasteiger partial charge in [-0.3, -0.25) is 9.59 Å². The van der Waals surface area contributed by atoms with Crippen LogP contribution in [0.2, 0.25) is 5.02 Å². The Bertz CT molecular complexity index is 1080. The van der Waals surface area contributed by atoms with Crippen molar-refractivity contribution in [1.82, 2.24) is 5.32 Å². The van der Waals surface area contributed by atoms with Gasteiger partial charge in [0, 0.05) is 16.3 Å². The van der Waals surface area contributed by atoms with Gasteiger partial charge in [-0.15, -0.1) is 0 Å². The Kier molecular flexibility index (Phi) is 6.47. The number of aryl methyl sites for hydroxylation is 2. The number of halogens is 1. The lowest BCUT2D eigenvalue weighted by Gasteiger charge is -2.13. The van der Waals surface area contributed by atoms with Gasteiger partial charge in [0.05, 0.1) is 0 Å². The average molecular weight is 405 g/mol. The summed E-state index contributed by atoms with van der Waals surface area (Å²) in [5.41, 5.74) is 3.91. The van der Waals surface area contributed by atoms with Gasteiger partial charge < -0.3 is 10.6 Å². The first-order chi connectivity index (χ1) is 13.9. The standard InChI is InChI=1S/C24H21ClN2O2/c1-16-12-13-21(17(2)14-16)26-24(29)22(15-19-10-6-7-11-20(19)25)27-23(28)18-8-4-3-5-9-18/h3-15H,1-2H3,(H,26,29)(H,27,28)/b22-15-. The van der Waals surface area contributed by atoms with E-state index in [-0.39, 0.29) is 11.6 Å². The maximum atomic E-state index is 13.0. The Labute approximate surface area is 175 Å². The van der Waals surface area contributed by atoms with E-state index in [9.17, 15) is 9.59 Å². The SMILES string of the molecule is Cc1ccc(NC(=O)/C(=C/c2ccccc2Cl)NC(=O)c2ccccc2)c(C)c1. The van der Waals surface area contributed by atoms with Crippen molar-refractivity contribution in [3.05, 3.63) is 106 Å². The quantitative estimate of drug-likeness (QED) is 0.562. The van der Waals surface area contributed by atoms with Crippen molar-refractivity contribution in [2.24, 2.45) is 0 Å². The molecule has 0 spiro atoms. The van der Waals surface area contributed by atoms with Gasteiger partial charge in [0.2, 0.25) is 0 Å². The van der Waals surface area contributed by atoms with Crippen LogP contribution in [0.25, 0.3) is 6.08 Å². The third-order valence-corrected chi connectivity index (χ3v) is 4.71. The summed E-state index contributed by atoms with van der Waals surface area (Å²) >= 11 is 6.24. The van der Waals surface area contributed by atoms with Crippen LogP contribution in [0.4, 0.5) is 5.69 Å². The van der Waals surface area contributed by atoms with E-state index in [2.05, 4.69) is 10.6 Å². The Morgan fingerprint density at radius 3 is 2.28 bits per heavy atom. The van der Waals surface area contributed by atoms with Gasteiger partial charge in [0.25, 0.3) is 11.8 Å². The zero-order valence-corrected chi connectivity index (χ0v) is 17.0. The highest BCUT2D eigenvalue weighted by atomic mass is 35.5. The van der Waals surface area contributed by atoms with Gasteiger partial charge in [-0.05, 0) is 55.3 Å². The maximum Gasteiger partial charge on any atom is 0.272 e. The van der Waals surface area contributed by atoms with E-state index in [0.717, 1.165) is 11.1 Å². The van der Waals surface area contributed by atoms with Crippen molar-refractivity contribution in [2.75, 3.05) is 5.32 Å². The van der Waals surface area contributed by atoms with E-state index in [1.807, 2.05) is 44.2 Å². The molecule has 0 aromatic heterocycles. The number of rotatable bonds is 5. The first kappa shape index (κ1) is 20.4. The van der Waals surface area contributed by atoms with Crippen molar-refractivity contribution in [2.45, 2.75) is 13.8 Å². The predicted octanol–water partition coefficient (Wildman–Crippen LogP) is 5.37. The molecule has 0 atom stereocenters. The molecule has 146 valence electrons. The van der Waals surface area contributed by atoms with E-state index in [1.54, 1.807) is 48.5 Å². The van der Waals surface area contributed by atoms with Gasteiger partial charge in [-0.2, -0.15) is 0 Å². The molecule has 0 fully saturated rings. The molecule has 0 aliphatic carbocycles. The molecule has 2 amide bonds. The summed E-state index contributed by atoms with van der Waals surface area (Å²) in [6.45, 7) is 3.91. The smallest absolute Gasteiger partial charge is 0.272 e. The zero-order chi connectivity index (χ0) is 20.8. The highest BCUT2D eigenvalue weighted by molar-refractivity contribution is 6.32. The first-order valence-electron chi connectivity index (χ1n) is 9.15. The number of amides is 2. The van der Waals surface area contributed by atoms with Gasteiger partial charge in [0.1, 0.15) is 5.70 Å². The second-order valence-electron chi connectivity index (χ2n) is 6.67. The largest absolute Gasteiger partial charge is 0.320 e. The molecule has 0 aliphatic heterocycles. The van der Waals surface area contributed by atoms with Crippen LogP contribution < -0.4 is 10.6 Å². The summed E-state index contributed by atoms with van der Waals surface area (Å²) < 4.78 is 0. The summed E-state index contributed by atoms with van der Waals surface area (Å²) in [5, 5.41) is 6.06. The number of benzene rings is 3. The van der Waals surface area contributed by atoms with E-state index in [4.69, 9.17) is 11.6 Å². The molecule has 0 saturated heterocycles. The molecule has 0 saturated carbocycles. The Morgan fingerprint density at radius 2 is 1.59 bits per heavy atom. The monoisotopic (exact) mass is 404 g/mol. The summed E-state index contributed by atoms with van der Waals surface area (Å²) in [5.74, 6) is -0.805. The van der Waals surface area contributed by atoms with Gasteiger partial charge in [-0.25, -0.2) is 0 Å². The highest BCUT2D eigenvalue weighted by Crippen LogP contribution is 2.20. The number of anilines is 1. The van der Waals surface area contributed by atoms with Crippen LogP contribution in [0.1, 0.15) is 27.0 Å². The normalized spacial score (nSPS) is 11.1. The lowest BCUT2D eigenvalue weighted by molar-refractivity contribution is -0.113. The van der Waals surface area contributed by atoms with Crippen molar-refractivity contribution in [1.29, 1.82) is 0 Å².